The Hall–Kier alpha value is -2.05. The van der Waals surface area contributed by atoms with Gasteiger partial charge < -0.3 is 10.4 Å². The number of carboxylic acid groups (broad SMARTS) is 1. The molecule has 1 aliphatic rings. The molecular weight excluding hydrogens is 335 g/mol. The van der Waals surface area contributed by atoms with Gasteiger partial charge in [-0.05, 0) is 43.4 Å². The fraction of sp³-hybridized carbons (Fsp3) is 0.556. The van der Waals surface area contributed by atoms with E-state index in [0.29, 0.717) is 24.9 Å². The van der Waals surface area contributed by atoms with Crippen molar-refractivity contribution >= 4 is 17.6 Å². The average molecular weight is 357 g/mol. The normalized spacial score (nSPS) is 22.2. The zero-order chi connectivity index (χ0) is 18.6. The highest BCUT2D eigenvalue weighted by Crippen LogP contribution is 2.40. The molecule has 0 spiro atoms. The highest BCUT2D eigenvalue weighted by Gasteiger charge is 2.43. The summed E-state index contributed by atoms with van der Waals surface area (Å²) in [7, 11) is 0. The van der Waals surface area contributed by atoms with Crippen molar-refractivity contribution in [3.63, 3.8) is 0 Å². The van der Waals surface area contributed by atoms with Gasteiger partial charge in [0.25, 0.3) is 0 Å². The molecule has 1 aliphatic carbocycles. The Kier molecular flexibility index (Phi) is 6.08. The van der Waals surface area contributed by atoms with Gasteiger partial charge in [-0.1, -0.05) is 25.5 Å². The lowest BCUT2D eigenvalue weighted by molar-refractivity contribution is -0.185. The predicted octanol–water partition coefficient (Wildman–Crippen LogP) is 4.26. The van der Waals surface area contributed by atoms with Gasteiger partial charge >= 0.3 is 12.1 Å². The van der Waals surface area contributed by atoms with Crippen LogP contribution in [0.2, 0.25) is 0 Å². The number of halogens is 3. The van der Waals surface area contributed by atoms with E-state index in [0.717, 1.165) is 5.56 Å². The molecule has 7 heteroatoms. The second-order valence-corrected chi connectivity index (χ2v) is 6.73. The third-order valence-electron chi connectivity index (χ3n) is 4.69. The van der Waals surface area contributed by atoms with Gasteiger partial charge in [0.2, 0.25) is 5.91 Å². The van der Waals surface area contributed by atoms with E-state index in [4.69, 9.17) is 5.11 Å². The summed E-state index contributed by atoms with van der Waals surface area (Å²) >= 11 is 0. The van der Waals surface area contributed by atoms with Gasteiger partial charge in [0.05, 0.1) is 11.8 Å². The van der Waals surface area contributed by atoms with Crippen molar-refractivity contribution in [2.75, 3.05) is 5.32 Å². The smallest absolute Gasteiger partial charge is 0.391 e. The van der Waals surface area contributed by atoms with Crippen molar-refractivity contribution in [1.29, 1.82) is 0 Å². The van der Waals surface area contributed by atoms with Gasteiger partial charge in [0, 0.05) is 11.6 Å². The number of benzene rings is 1. The number of amides is 1. The molecule has 25 heavy (non-hydrogen) atoms. The Labute approximate surface area is 144 Å². The third-order valence-corrected chi connectivity index (χ3v) is 4.69. The lowest BCUT2D eigenvalue weighted by Crippen LogP contribution is -2.34. The topological polar surface area (TPSA) is 66.4 Å². The van der Waals surface area contributed by atoms with E-state index in [-0.39, 0.29) is 18.7 Å². The molecule has 1 aromatic carbocycles. The minimum Gasteiger partial charge on any atom is -0.481 e. The monoisotopic (exact) mass is 357 g/mol. The number of aliphatic carboxylic acids is 1. The number of hydrogen-bond donors (Lipinski definition) is 2. The van der Waals surface area contributed by atoms with E-state index in [1.807, 2.05) is 0 Å². The van der Waals surface area contributed by atoms with Gasteiger partial charge in [-0.3, -0.25) is 9.59 Å². The maximum atomic E-state index is 12.8. The molecule has 1 aromatic rings. The molecule has 0 aliphatic heterocycles. The molecule has 1 saturated carbocycles. The Bertz CT molecular complexity index is 613. The fourth-order valence-electron chi connectivity index (χ4n) is 3.13. The molecule has 0 radical (unpaired) electrons. The molecule has 138 valence electrons. The van der Waals surface area contributed by atoms with Gasteiger partial charge in [0.1, 0.15) is 0 Å². The zero-order valence-electron chi connectivity index (χ0n) is 14.0. The first-order valence-electron chi connectivity index (χ1n) is 8.36. The van der Waals surface area contributed by atoms with E-state index < -0.39 is 29.9 Å². The molecule has 3 unspecified atom stereocenters. The van der Waals surface area contributed by atoms with Crippen LogP contribution in [0.4, 0.5) is 18.9 Å². The molecule has 1 fully saturated rings. The quantitative estimate of drug-likeness (QED) is 0.828. The summed E-state index contributed by atoms with van der Waals surface area (Å²) in [6, 6.07) is 6.72. The number of hydrogen-bond acceptors (Lipinski definition) is 2. The number of carbonyl (C=O) groups is 2. The summed E-state index contributed by atoms with van der Waals surface area (Å²) < 4.78 is 38.5. The lowest BCUT2D eigenvalue weighted by Gasteiger charge is -2.29. The van der Waals surface area contributed by atoms with Crippen LogP contribution in [-0.4, -0.2) is 23.2 Å². The molecule has 0 aromatic heterocycles. The third kappa shape index (κ3) is 5.47. The summed E-state index contributed by atoms with van der Waals surface area (Å²) in [5.74, 6) is -3.82. The van der Waals surface area contributed by atoms with Crippen LogP contribution in [0, 0.1) is 17.8 Å². The highest BCUT2D eigenvalue weighted by atomic mass is 19.4. The van der Waals surface area contributed by atoms with Gasteiger partial charge in [-0.15, -0.1) is 0 Å². The van der Waals surface area contributed by atoms with E-state index in [9.17, 15) is 22.8 Å². The Morgan fingerprint density at radius 2 is 1.88 bits per heavy atom. The van der Waals surface area contributed by atoms with E-state index >= 15 is 0 Å². The van der Waals surface area contributed by atoms with E-state index in [2.05, 4.69) is 5.32 Å². The Morgan fingerprint density at radius 3 is 2.44 bits per heavy atom. The zero-order valence-corrected chi connectivity index (χ0v) is 14.0. The first-order chi connectivity index (χ1) is 11.7. The van der Waals surface area contributed by atoms with Crippen molar-refractivity contribution in [1.82, 2.24) is 0 Å². The molecular formula is C18H22F3NO3. The number of carbonyl (C=O) groups excluding carboxylic acids is 1. The molecule has 0 saturated heterocycles. The standard InChI is InChI=1S/C18H22F3NO3/c1-11(17(24)25)9-12-5-7-15(8-6-12)22-16(23)13-3-2-4-14(10-13)18(19,20)21/h5-8,11,13-14H,2-4,9-10H2,1H3,(H,22,23)(H,24,25). The summed E-state index contributed by atoms with van der Waals surface area (Å²) in [6.07, 6.45) is -3.09. The summed E-state index contributed by atoms with van der Waals surface area (Å²) in [5, 5.41) is 11.6. The SMILES string of the molecule is CC(Cc1ccc(NC(=O)C2CCCC(C(F)(F)F)C2)cc1)C(=O)O. The van der Waals surface area contributed by atoms with Crippen molar-refractivity contribution in [3.8, 4) is 0 Å². The molecule has 0 heterocycles. The molecule has 3 atom stereocenters. The van der Waals surface area contributed by atoms with Crippen molar-refractivity contribution < 1.29 is 27.9 Å². The minimum atomic E-state index is -4.25. The maximum Gasteiger partial charge on any atom is 0.391 e. The van der Waals surface area contributed by atoms with Gasteiger partial charge in [0.15, 0.2) is 0 Å². The van der Waals surface area contributed by atoms with Crippen molar-refractivity contribution in [2.45, 2.75) is 45.2 Å². The Morgan fingerprint density at radius 1 is 1.24 bits per heavy atom. The van der Waals surface area contributed by atoms with Crippen LogP contribution in [0.3, 0.4) is 0 Å². The largest absolute Gasteiger partial charge is 0.481 e. The van der Waals surface area contributed by atoms with E-state index in [1.165, 1.54) is 0 Å². The number of rotatable bonds is 5. The van der Waals surface area contributed by atoms with Crippen LogP contribution in [0.15, 0.2) is 24.3 Å². The molecule has 0 bridgehead atoms. The maximum absolute atomic E-state index is 12.8. The number of anilines is 1. The minimum absolute atomic E-state index is 0.0870. The van der Waals surface area contributed by atoms with E-state index in [1.54, 1.807) is 31.2 Å². The number of nitrogens with one attached hydrogen (secondary N) is 1. The van der Waals surface area contributed by atoms with Gasteiger partial charge in [-0.25, -0.2) is 0 Å². The highest BCUT2D eigenvalue weighted by molar-refractivity contribution is 5.92. The Balaban J connectivity index is 1.93. The fourth-order valence-corrected chi connectivity index (χ4v) is 3.13. The summed E-state index contributed by atoms with van der Waals surface area (Å²) in [5.41, 5.74) is 1.33. The second-order valence-electron chi connectivity index (χ2n) is 6.73. The first kappa shape index (κ1) is 19.3. The number of carboxylic acids is 1. The van der Waals surface area contributed by atoms with Crippen LogP contribution in [0.25, 0.3) is 0 Å². The number of alkyl halides is 3. The second kappa shape index (κ2) is 7.89. The van der Waals surface area contributed by atoms with Crippen LogP contribution >= 0.6 is 0 Å². The predicted molar refractivity (Wildman–Crippen MR) is 87.1 cm³/mol. The summed E-state index contributed by atoms with van der Waals surface area (Å²) in [4.78, 5) is 23.1. The van der Waals surface area contributed by atoms with Crippen molar-refractivity contribution in [3.05, 3.63) is 29.8 Å². The first-order valence-corrected chi connectivity index (χ1v) is 8.36. The van der Waals surface area contributed by atoms with Crippen molar-refractivity contribution in [2.24, 2.45) is 17.8 Å². The molecule has 2 rings (SSSR count). The molecule has 4 nitrogen and oxygen atoms in total. The van der Waals surface area contributed by atoms with Gasteiger partial charge in [-0.2, -0.15) is 13.2 Å². The molecule has 1 amide bonds. The van der Waals surface area contributed by atoms with Crippen LogP contribution in [0.5, 0.6) is 0 Å². The lowest BCUT2D eigenvalue weighted by atomic mass is 9.80. The van der Waals surface area contributed by atoms with Crippen LogP contribution in [-0.2, 0) is 16.0 Å². The average Bonchev–Trinajstić information content (AvgIpc) is 2.55. The molecule has 2 N–H and O–H groups in total. The van der Waals surface area contributed by atoms with Crippen LogP contribution < -0.4 is 5.32 Å². The summed E-state index contributed by atoms with van der Waals surface area (Å²) in [6.45, 7) is 1.61. The van der Waals surface area contributed by atoms with Crippen LogP contribution in [0.1, 0.15) is 38.2 Å².